The van der Waals surface area contributed by atoms with Crippen molar-refractivity contribution in [2.75, 3.05) is 6.61 Å². The summed E-state index contributed by atoms with van der Waals surface area (Å²) in [5, 5.41) is 9.75. The van der Waals surface area contributed by atoms with E-state index in [1.807, 2.05) is 12.1 Å². The van der Waals surface area contributed by atoms with E-state index in [-0.39, 0.29) is 17.2 Å². The molecule has 7 nitrogen and oxygen atoms in total. The van der Waals surface area contributed by atoms with Gasteiger partial charge in [0.2, 0.25) is 5.88 Å². The summed E-state index contributed by atoms with van der Waals surface area (Å²) in [6.07, 6.45) is 0.706. The number of allylic oxidation sites excluding steroid dienone is 1. The van der Waals surface area contributed by atoms with Gasteiger partial charge in [0.05, 0.1) is 5.92 Å². The summed E-state index contributed by atoms with van der Waals surface area (Å²) in [5.41, 5.74) is 7.85. The maximum atomic E-state index is 13.1. The first-order valence-corrected chi connectivity index (χ1v) is 11.1. The minimum absolute atomic E-state index is 0.0292. The molecule has 0 aromatic heterocycles. The molecule has 0 saturated carbocycles. The van der Waals surface area contributed by atoms with Crippen LogP contribution in [0.25, 0.3) is 0 Å². The quantitative estimate of drug-likeness (QED) is 0.272. The number of hydrogen-bond acceptors (Lipinski definition) is 7. The SMILES string of the molecule is C=CCOc1ccc(C2C(C#N)=C(N)Oc3cc(OC(=O)C(C)Oc4ccc(F)cc4)ccc32)cc1. The van der Waals surface area contributed by atoms with Crippen LogP contribution in [-0.4, -0.2) is 18.7 Å². The molecular weight excluding hydrogens is 463 g/mol. The highest BCUT2D eigenvalue weighted by Crippen LogP contribution is 2.43. The lowest BCUT2D eigenvalue weighted by atomic mass is 9.83. The van der Waals surface area contributed by atoms with Crippen LogP contribution in [0.15, 0.2) is 90.8 Å². The van der Waals surface area contributed by atoms with Crippen LogP contribution in [0.2, 0.25) is 0 Å². The van der Waals surface area contributed by atoms with Crippen LogP contribution in [0, 0.1) is 17.1 Å². The van der Waals surface area contributed by atoms with Crippen molar-refractivity contribution in [2.45, 2.75) is 18.9 Å². The van der Waals surface area contributed by atoms with E-state index in [1.165, 1.54) is 37.3 Å². The fourth-order valence-corrected chi connectivity index (χ4v) is 3.72. The molecule has 0 bridgehead atoms. The lowest BCUT2D eigenvalue weighted by molar-refractivity contribution is -0.141. The van der Waals surface area contributed by atoms with E-state index in [0.29, 0.717) is 29.4 Å². The largest absolute Gasteiger partial charge is 0.490 e. The number of ether oxygens (including phenoxy) is 4. The van der Waals surface area contributed by atoms with E-state index >= 15 is 0 Å². The lowest BCUT2D eigenvalue weighted by Crippen LogP contribution is -2.28. The van der Waals surface area contributed by atoms with Crippen LogP contribution in [0.4, 0.5) is 4.39 Å². The van der Waals surface area contributed by atoms with Crippen LogP contribution in [0.5, 0.6) is 23.0 Å². The van der Waals surface area contributed by atoms with Gasteiger partial charge in [-0.3, -0.25) is 0 Å². The number of halogens is 1. The topological polar surface area (TPSA) is 104 Å². The van der Waals surface area contributed by atoms with E-state index in [0.717, 1.165) is 5.56 Å². The van der Waals surface area contributed by atoms with Gasteiger partial charge in [0.25, 0.3) is 0 Å². The molecule has 1 aliphatic heterocycles. The maximum Gasteiger partial charge on any atom is 0.352 e. The summed E-state index contributed by atoms with van der Waals surface area (Å²) in [4.78, 5) is 12.6. The Hall–Kier alpha value is -4.77. The first-order chi connectivity index (χ1) is 17.4. The van der Waals surface area contributed by atoms with Gasteiger partial charge >= 0.3 is 5.97 Å². The molecule has 1 heterocycles. The Balaban J connectivity index is 1.55. The molecule has 0 aliphatic carbocycles. The summed E-state index contributed by atoms with van der Waals surface area (Å²) >= 11 is 0. The molecule has 0 saturated heterocycles. The number of nitriles is 1. The summed E-state index contributed by atoms with van der Waals surface area (Å²) in [5.74, 6) is 0.0178. The normalized spacial score (nSPS) is 15.1. The van der Waals surface area contributed by atoms with Gasteiger partial charge in [0.15, 0.2) is 6.10 Å². The second-order valence-corrected chi connectivity index (χ2v) is 7.93. The third-order valence-electron chi connectivity index (χ3n) is 5.45. The third-order valence-corrected chi connectivity index (χ3v) is 5.45. The first-order valence-electron chi connectivity index (χ1n) is 11.1. The van der Waals surface area contributed by atoms with Crippen molar-refractivity contribution in [2.24, 2.45) is 5.73 Å². The second-order valence-electron chi connectivity index (χ2n) is 7.93. The van der Waals surface area contributed by atoms with Crippen molar-refractivity contribution < 1.29 is 28.1 Å². The number of benzene rings is 3. The molecule has 3 aromatic rings. The zero-order valence-corrected chi connectivity index (χ0v) is 19.4. The number of fused-ring (bicyclic) bond motifs is 1. The van der Waals surface area contributed by atoms with Crippen LogP contribution < -0.4 is 24.7 Å². The lowest BCUT2D eigenvalue weighted by Gasteiger charge is -2.27. The Kier molecular flexibility index (Phi) is 7.21. The van der Waals surface area contributed by atoms with Gasteiger partial charge in [-0.15, -0.1) is 0 Å². The van der Waals surface area contributed by atoms with E-state index in [9.17, 15) is 14.4 Å². The molecule has 8 heteroatoms. The minimum Gasteiger partial charge on any atom is -0.490 e. The molecule has 2 atom stereocenters. The Bertz CT molecular complexity index is 1340. The zero-order chi connectivity index (χ0) is 25.7. The Morgan fingerprint density at radius 2 is 1.81 bits per heavy atom. The summed E-state index contributed by atoms with van der Waals surface area (Å²) in [7, 11) is 0. The Morgan fingerprint density at radius 1 is 1.14 bits per heavy atom. The molecule has 0 radical (unpaired) electrons. The van der Waals surface area contributed by atoms with Crippen molar-refractivity contribution in [1.29, 1.82) is 5.26 Å². The highest BCUT2D eigenvalue weighted by molar-refractivity contribution is 5.77. The Labute approximate surface area is 207 Å². The molecule has 2 unspecified atom stereocenters. The van der Waals surface area contributed by atoms with Crippen molar-refractivity contribution in [3.8, 4) is 29.1 Å². The van der Waals surface area contributed by atoms with E-state index < -0.39 is 23.8 Å². The molecule has 3 aromatic carbocycles. The van der Waals surface area contributed by atoms with E-state index in [4.69, 9.17) is 24.7 Å². The molecule has 182 valence electrons. The number of carbonyl (C=O) groups is 1. The van der Waals surface area contributed by atoms with Gasteiger partial charge < -0.3 is 24.7 Å². The van der Waals surface area contributed by atoms with Gasteiger partial charge in [-0.05, 0) is 55.0 Å². The van der Waals surface area contributed by atoms with Crippen LogP contribution in [0.1, 0.15) is 24.0 Å². The summed E-state index contributed by atoms with van der Waals surface area (Å²) in [6.45, 7) is 5.54. The summed E-state index contributed by atoms with van der Waals surface area (Å²) < 4.78 is 35.3. The van der Waals surface area contributed by atoms with Gasteiger partial charge in [-0.25, -0.2) is 9.18 Å². The molecule has 0 fully saturated rings. The number of carbonyl (C=O) groups excluding carboxylic acids is 1. The monoisotopic (exact) mass is 486 g/mol. The van der Waals surface area contributed by atoms with Crippen LogP contribution in [0.3, 0.4) is 0 Å². The van der Waals surface area contributed by atoms with Crippen molar-refractivity contribution >= 4 is 5.97 Å². The summed E-state index contributed by atoms with van der Waals surface area (Å²) in [6, 6.07) is 19.6. The fraction of sp³-hybridized carbons (Fsp3) is 0.143. The molecule has 36 heavy (non-hydrogen) atoms. The number of hydrogen-bond donors (Lipinski definition) is 1. The maximum absolute atomic E-state index is 13.1. The molecule has 2 N–H and O–H groups in total. The van der Waals surface area contributed by atoms with Crippen LogP contribution in [-0.2, 0) is 4.79 Å². The molecule has 1 aliphatic rings. The average molecular weight is 486 g/mol. The van der Waals surface area contributed by atoms with Gasteiger partial charge in [0.1, 0.15) is 47.1 Å². The van der Waals surface area contributed by atoms with Crippen molar-refractivity contribution in [3.05, 3.63) is 108 Å². The number of nitrogens with two attached hydrogens (primary N) is 1. The number of nitrogens with zero attached hydrogens (tertiary/aromatic N) is 1. The fourth-order valence-electron chi connectivity index (χ4n) is 3.72. The predicted molar refractivity (Wildman–Crippen MR) is 130 cm³/mol. The highest BCUT2D eigenvalue weighted by atomic mass is 19.1. The molecule has 4 rings (SSSR count). The van der Waals surface area contributed by atoms with E-state index in [2.05, 4.69) is 12.6 Å². The van der Waals surface area contributed by atoms with Gasteiger partial charge in [-0.2, -0.15) is 5.26 Å². The minimum atomic E-state index is -0.947. The molecular formula is C28H23FN2O5. The van der Waals surface area contributed by atoms with Crippen molar-refractivity contribution in [1.82, 2.24) is 0 Å². The van der Waals surface area contributed by atoms with Gasteiger partial charge in [-0.1, -0.05) is 30.9 Å². The second kappa shape index (κ2) is 10.7. The Morgan fingerprint density at radius 3 is 2.47 bits per heavy atom. The predicted octanol–water partition coefficient (Wildman–Crippen LogP) is 4.98. The van der Waals surface area contributed by atoms with E-state index in [1.54, 1.807) is 30.3 Å². The van der Waals surface area contributed by atoms with Crippen molar-refractivity contribution in [3.63, 3.8) is 0 Å². The smallest absolute Gasteiger partial charge is 0.352 e. The zero-order valence-electron chi connectivity index (χ0n) is 19.4. The first kappa shape index (κ1) is 24.4. The number of rotatable bonds is 8. The molecule has 0 spiro atoms. The third kappa shape index (κ3) is 5.31. The number of esters is 1. The van der Waals surface area contributed by atoms with Crippen LogP contribution >= 0.6 is 0 Å². The van der Waals surface area contributed by atoms with Gasteiger partial charge in [0, 0.05) is 11.6 Å². The standard InChI is InChI=1S/C28H23FN2O5/c1-3-14-33-20-8-4-18(5-9-20)26-23-13-12-22(15-25(23)36-27(31)24(26)16-30)35-28(32)17(2)34-21-10-6-19(29)7-11-21/h3-13,15,17,26H,1,14,31H2,2H3. The molecule has 0 amide bonds. The average Bonchev–Trinajstić information content (AvgIpc) is 2.88. The highest BCUT2D eigenvalue weighted by Gasteiger charge is 2.31.